The molecule has 0 spiro atoms. The zero-order valence-electron chi connectivity index (χ0n) is 37.6. The Bertz CT molecular complexity index is 1100. The van der Waals surface area contributed by atoms with Crippen molar-refractivity contribution in [3.05, 3.63) is 24.3 Å². The second-order valence-electron chi connectivity index (χ2n) is 16.3. The number of aliphatic hydroxyl groups is 1. The normalized spacial score (nSPS) is 13.8. The van der Waals surface area contributed by atoms with E-state index in [1.165, 1.54) is 141 Å². The first-order valence-electron chi connectivity index (χ1n) is 23.9. The van der Waals surface area contributed by atoms with Crippen molar-refractivity contribution in [3.63, 3.8) is 0 Å². The fraction of sp³-hybridized carbons (Fsp3) is 0.851. The van der Waals surface area contributed by atoms with Crippen LogP contribution in [0, 0.1) is 0 Å². The van der Waals surface area contributed by atoms with E-state index in [0.717, 1.165) is 44.9 Å². The standard InChI is InChI=1S/C47H88NO10P/c1-3-5-7-9-11-13-15-17-19-20-21-22-23-24-25-26-28-30-32-34-36-38-45(50)48-44(47(52)53)42-58-59(54,55)57-41-43(49)40-56-46(51)39-37-35-33-31-29-27-18-16-14-12-10-8-6-4-2/h11,13,17,19,43-44,49H,3-10,12,14-16,18,20-42H2,1-2H3,(H,48,50)(H,52,53)(H,54,55)/b13-11-,19-17-. The van der Waals surface area contributed by atoms with E-state index in [1.807, 2.05) is 0 Å². The summed E-state index contributed by atoms with van der Waals surface area (Å²) in [5.74, 6) is -2.36. The van der Waals surface area contributed by atoms with Crippen molar-refractivity contribution in [2.75, 3.05) is 19.8 Å². The molecule has 0 aromatic rings. The summed E-state index contributed by atoms with van der Waals surface area (Å²) in [6, 6.07) is -1.55. The van der Waals surface area contributed by atoms with E-state index < -0.39 is 57.6 Å². The van der Waals surface area contributed by atoms with E-state index in [0.29, 0.717) is 12.8 Å². The van der Waals surface area contributed by atoms with Gasteiger partial charge in [0.2, 0.25) is 5.91 Å². The molecule has 0 aliphatic carbocycles. The Morgan fingerprint density at radius 3 is 1.41 bits per heavy atom. The highest BCUT2D eigenvalue weighted by atomic mass is 31.2. The van der Waals surface area contributed by atoms with Crippen molar-refractivity contribution < 1.29 is 47.8 Å². The van der Waals surface area contributed by atoms with Gasteiger partial charge < -0.3 is 25.2 Å². The maximum atomic E-state index is 12.3. The summed E-state index contributed by atoms with van der Waals surface area (Å²) >= 11 is 0. The number of aliphatic hydroxyl groups excluding tert-OH is 1. The van der Waals surface area contributed by atoms with E-state index >= 15 is 0 Å². The molecule has 59 heavy (non-hydrogen) atoms. The number of amides is 1. The van der Waals surface area contributed by atoms with Gasteiger partial charge in [-0.25, -0.2) is 9.36 Å². The minimum absolute atomic E-state index is 0.145. The summed E-state index contributed by atoms with van der Waals surface area (Å²) in [4.78, 5) is 46.0. The number of phosphoric ester groups is 1. The van der Waals surface area contributed by atoms with E-state index in [9.17, 15) is 34.1 Å². The predicted octanol–water partition coefficient (Wildman–Crippen LogP) is 12.6. The van der Waals surface area contributed by atoms with Crippen LogP contribution >= 0.6 is 7.82 Å². The molecule has 0 aliphatic rings. The van der Waals surface area contributed by atoms with Crippen LogP contribution in [0.25, 0.3) is 0 Å². The fourth-order valence-corrected chi connectivity index (χ4v) is 7.53. The van der Waals surface area contributed by atoms with Crippen LogP contribution in [0.15, 0.2) is 24.3 Å². The van der Waals surface area contributed by atoms with Crippen LogP contribution < -0.4 is 5.32 Å². The monoisotopic (exact) mass is 858 g/mol. The van der Waals surface area contributed by atoms with Crippen LogP contribution in [-0.2, 0) is 32.7 Å². The Morgan fingerprint density at radius 2 is 0.932 bits per heavy atom. The average molecular weight is 858 g/mol. The van der Waals surface area contributed by atoms with E-state index in [4.69, 9.17) is 13.8 Å². The smallest absolute Gasteiger partial charge is 0.472 e. The minimum Gasteiger partial charge on any atom is -0.480 e. The van der Waals surface area contributed by atoms with Crippen LogP contribution in [0.5, 0.6) is 0 Å². The number of aliphatic carboxylic acids is 1. The van der Waals surface area contributed by atoms with Gasteiger partial charge in [0.05, 0.1) is 13.2 Å². The van der Waals surface area contributed by atoms with Crippen LogP contribution in [0.2, 0.25) is 0 Å². The van der Waals surface area contributed by atoms with Gasteiger partial charge in [0, 0.05) is 12.8 Å². The van der Waals surface area contributed by atoms with Crippen LogP contribution in [0.3, 0.4) is 0 Å². The molecule has 0 aromatic carbocycles. The first-order chi connectivity index (χ1) is 28.6. The van der Waals surface area contributed by atoms with Gasteiger partial charge in [-0.2, -0.15) is 0 Å². The number of hydrogen-bond donors (Lipinski definition) is 4. The Hall–Kier alpha value is -2.04. The largest absolute Gasteiger partial charge is 0.480 e. The summed E-state index contributed by atoms with van der Waals surface area (Å²) < 4.78 is 26.9. The lowest BCUT2D eigenvalue weighted by atomic mass is 10.0. The summed E-state index contributed by atoms with van der Waals surface area (Å²) in [5, 5.41) is 21.9. The fourth-order valence-electron chi connectivity index (χ4n) is 6.76. The predicted molar refractivity (Wildman–Crippen MR) is 240 cm³/mol. The number of carbonyl (C=O) groups excluding carboxylic acids is 2. The molecule has 11 nitrogen and oxygen atoms in total. The average Bonchev–Trinajstić information content (AvgIpc) is 3.21. The van der Waals surface area contributed by atoms with Crippen LogP contribution in [-0.4, -0.2) is 64.9 Å². The number of esters is 1. The number of ether oxygens (including phenoxy) is 1. The highest BCUT2D eigenvalue weighted by Crippen LogP contribution is 2.43. The number of carboxylic acid groups (broad SMARTS) is 1. The zero-order valence-corrected chi connectivity index (χ0v) is 38.5. The molecule has 0 aromatic heterocycles. The van der Waals surface area contributed by atoms with Gasteiger partial charge in [-0.1, -0.05) is 192 Å². The third-order valence-electron chi connectivity index (χ3n) is 10.5. The quantitative estimate of drug-likeness (QED) is 0.0200. The Balaban J connectivity index is 3.84. The van der Waals surface area contributed by atoms with Gasteiger partial charge in [-0.3, -0.25) is 18.6 Å². The molecular formula is C47H88NO10P. The van der Waals surface area contributed by atoms with Gasteiger partial charge in [-0.15, -0.1) is 0 Å². The molecular weight excluding hydrogens is 769 g/mol. The lowest BCUT2D eigenvalue weighted by Crippen LogP contribution is -2.43. The number of phosphoric acid groups is 1. The zero-order chi connectivity index (χ0) is 43.5. The molecule has 3 atom stereocenters. The molecule has 0 radical (unpaired) electrons. The lowest BCUT2D eigenvalue weighted by molar-refractivity contribution is -0.147. The van der Waals surface area contributed by atoms with Gasteiger partial charge in [0.1, 0.15) is 12.7 Å². The highest BCUT2D eigenvalue weighted by molar-refractivity contribution is 7.47. The lowest BCUT2D eigenvalue weighted by Gasteiger charge is -2.18. The minimum atomic E-state index is -4.75. The topological polar surface area (TPSA) is 169 Å². The van der Waals surface area contributed by atoms with Crippen molar-refractivity contribution in [2.45, 2.75) is 238 Å². The summed E-state index contributed by atoms with van der Waals surface area (Å²) in [5.41, 5.74) is 0. The van der Waals surface area contributed by atoms with Crippen molar-refractivity contribution >= 4 is 25.7 Å². The van der Waals surface area contributed by atoms with E-state index in [1.54, 1.807) is 0 Å². The molecule has 1 amide bonds. The number of unbranched alkanes of at least 4 members (excludes halogenated alkanes) is 27. The van der Waals surface area contributed by atoms with Gasteiger partial charge in [0.15, 0.2) is 6.04 Å². The number of carbonyl (C=O) groups is 3. The number of nitrogens with one attached hydrogen (secondary N) is 1. The third kappa shape index (κ3) is 42.4. The van der Waals surface area contributed by atoms with Gasteiger partial charge >= 0.3 is 19.8 Å². The number of allylic oxidation sites excluding steroid dienone is 4. The number of carboxylic acids is 1. The highest BCUT2D eigenvalue weighted by Gasteiger charge is 2.28. The maximum absolute atomic E-state index is 12.3. The first kappa shape index (κ1) is 57.0. The molecule has 0 saturated carbocycles. The van der Waals surface area contributed by atoms with Crippen LogP contribution in [0.1, 0.15) is 226 Å². The molecule has 0 fully saturated rings. The van der Waals surface area contributed by atoms with Crippen molar-refractivity contribution in [1.29, 1.82) is 0 Å². The van der Waals surface area contributed by atoms with E-state index in [-0.39, 0.29) is 12.8 Å². The Kier molecular flexibility index (Phi) is 41.2. The van der Waals surface area contributed by atoms with Crippen molar-refractivity contribution in [1.82, 2.24) is 5.32 Å². The molecule has 0 saturated heterocycles. The summed E-state index contributed by atoms with van der Waals surface area (Å²) in [6.07, 6.45) is 44.8. The Morgan fingerprint density at radius 1 is 0.542 bits per heavy atom. The van der Waals surface area contributed by atoms with Crippen molar-refractivity contribution in [3.8, 4) is 0 Å². The summed E-state index contributed by atoms with van der Waals surface area (Å²) in [6.45, 7) is 2.59. The van der Waals surface area contributed by atoms with Gasteiger partial charge in [-0.05, 0) is 44.9 Å². The van der Waals surface area contributed by atoms with Crippen LogP contribution in [0.4, 0.5) is 0 Å². The first-order valence-corrected chi connectivity index (χ1v) is 25.4. The molecule has 346 valence electrons. The Labute approximate surface area is 359 Å². The SMILES string of the molecule is CCCCC/C=C\C/C=C\CCCCCCCCCCCCCC(=O)NC(COP(=O)(O)OCC(O)COC(=O)CCCCCCCCCCCCCCCC)C(=O)O. The molecule has 0 heterocycles. The number of hydrogen-bond acceptors (Lipinski definition) is 8. The molecule has 0 bridgehead atoms. The molecule has 4 N–H and O–H groups in total. The molecule has 3 unspecified atom stereocenters. The molecule has 0 aliphatic heterocycles. The maximum Gasteiger partial charge on any atom is 0.472 e. The van der Waals surface area contributed by atoms with Crippen molar-refractivity contribution in [2.24, 2.45) is 0 Å². The third-order valence-corrected chi connectivity index (χ3v) is 11.4. The van der Waals surface area contributed by atoms with E-state index in [2.05, 4.69) is 43.5 Å². The molecule has 0 rings (SSSR count). The summed E-state index contributed by atoms with van der Waals surface area (Å²) in [7, 11) is -4.75. The van der Waals surface area contributed by atoms with Gasteiger partial charge in [0.25, 0.3) is 0 Å². The second kappa shape index (κ2) is 42.6. The molecule has 12 heteroatoms. The second-order valence-corrected chi connectivity index (χ2v) is 17.8. The number of rotatable bonds is 45.